The van der Waals surface area contributed by atoms with Crippen LogP contribution in [0.4, 0.5) is 5.69 Å². The van der Waals surface area contributed by atoms with Gasteiger partial charge in [0.15, 0.2) is 0 Å². The average Bonchev–Trinajstić information content (AvgIpc) is 2.29. The third kappa shape index (κ3) is 1.96. The van der Waals surface area contributed by atoms with Crippen LogP contribution < -0.4 is 11.3 Å². The molecular formula is C14H16N2O. The highest BCUT2D eigenvalue weighted by Crippen LogP contribution is 2.13. The maximum atomic E-state index is 12.1. The number of pyridine rings is 1. The fraction of sp³-hybridized carbons (Fsp3) is 0.214. The van der Waals surface area contributed by atoms with Crippen LogP contribution in [-0.4, -0.2) is 4.57 Å². The Kier molecular flexibility index (Phi) is 2.76. The maximum Gasteiger partial charge on any atom is 0.278 e. The lowest BCUT2D eigenvalue weighted by atomic mass is 10.2. The zero-order valence-corrected chi connectivity index (χ0v) is 10.3. The van der Waals surface area contributed by atoms with Gasteiger partial charge < -0.3 is 5.73 Å². The maximum absolute atomic E-state index is 12.1. The molecular weight excluding hydrogens is 212 g/mol. The first-order valence-corrected chi connectivity index (χ1v) is 5.56. The van der Waals surface area contributed by atoms with Crippen LogP contribution in [0.15, 0.2) is 35.1 Å². The molecule has 2 N–H and O–H groups in total. The molecule has 0 amide bonds. The van der Waals surface area contributed by atoms with E-state index in [0.717, 1.165) is 16.9 Å². The molecule has 0 atom stereocenters. The van der Waals surface area contributed by atoms with Gasteiger partial charge in [-0.25, -0.2) is 0 Å². The summed E-state index contributed by atoms with van der Waals surface area (Å²) in [5, 5.41) is 0. The van der Waals surface area contributed by atoms with Crippen LogP contribution in [0.5, 0.6) is 0 Å². The Hall–Kier alpha value is -2.03. The molecule has 17 heavy (non-hydrogen) atoms. The molecule has 0 unspecified atom stereocenters. The van der Waals surface area contributed by atoms with E-state index in [9.17, 15) is 4.79 Å². The van der Waals surface area contributed by atoms with Crippen molar-refractivity contribution in [3.8, 4) is 5.69 Å². The summed E-state index contributed by atoms with van der Waals surface area (Å²) in [5.41, 5.74) is 9.70. The monoisotopic (exact) mass is 228 g/mol. The van der Waals surface area contributed by atoms with Crippen molar-refractivity contribution in [2.75, 3.05) is 5.73 Å². The predicted octanol–water partition coefficient (Wildman–Crippen LogP) is 2.34. The van der Waals surface area contributed by atoms with Crippen LogP contribution in [-0.2, 0) is 0 Å². The fourth-order valence-corrected chi connectivity index (χ4v) is 1.92. The molecule has 3 nitrogen and oxygen atoms in total. The number of nitrogens with zero attached hydrogens (tertiary/aromatic N) is 1. The van der Waals surface area contributed by atoms with E-state index in [0.29, 0.717) is 5.69 Å². The number of nitrogen functional groups attached to an aromatic ring is 1. The average molecular weight is 228 g/mol. The normalized spacial score (nSPS) is 10.5. The topological polar surface area (TPSA) is 48.0 Å². The Morgan fingerprint density at radius 1 is 1.06 bits per heavy atom. The second-order valence-electron chi connectivity index (χ2n) is 4.36. The van der Waals surface area contributed by atoms with Crippen LogP contribution in [0.1, 0.15) is 16.8 Å². The Labute approximate surface area is 101 Å². The van der Waals surface area contributed by atoms with E-state index >= 15 is 0 Å². The van der Waals surface area contributed by atoms with Gasteiger partial charge in [0.25, 0.3) is 5.56 Å². The zero-order valence-electron chi connectivity index (χ0n) is 10.3. The quantitative estimate of drug-likeness (QED) is 0.814. The van der Waals surface area contributed by atoms with Gasteiger partial charge in [0.1, 0.15) is 5.69 Å². The Morgan fingerprint density at radius 2 is 1.65 bits per heavy atom. The van der Waals surface area contributed by atoms with Gasteiger partial charge in [-0.3, -0.25) is 9.36 Å². The lowest BCUT2D eigenvalue weighted by Crippen LogP contribution is -2.24. The van der Waals surface area contributed by atoms with E-state index in [1.165, 1.54) is 5.56 Å². The third-order valence-corrected chi connectivity index (χ3v) is 2.93. The van der Waals surface area contributed by atoms with Gasteiger partial charge in [-0.15, -0.1) is 0 Å². The molecule has 1 aromatic heterocycles. The SMILES string of the molecule is Cc1ccc(-n2c(C)cc(C)c(N)c2=O)cc1. The minimum absolute atomic E-state index is 0.147. The van der Waals surface area contributed by atoms with Crippen molar-refractivity contribution in [1.29, 1.82) is 0 Å². The van der Waals surface area contributed by atoms with E-state index < -0.39 is 0 Å². The summed E-state index contributed by atoms with van der Waals surface area (Å²) in [7, 11) is 0. The number of hydrogen-bond donors (Lipinski definition) is 1. The molecule has 0 saturated heterocycles. The van der Waals surface area contributed by atoms with Gasteiger partial charge in [0.2, 0.25) is 0 Å². The first kappa shape index (κ1) is 11.5. The minimum atomic E-state index is -0.147. The molecule has 0 saturated carbocycles. The lowest BCUT2D eigenvalue weighted by molar-refractivity contribution is 0.931. The van der Waals surface area contributed by atoms with Crippen molar-refractivity contribution in [3.63, 3.8) is 0 Å². The molecule has 88 valence electrons. The number of nitrogens with two attached hydrogens (primary N) is 1. The number of aryl methyl sites for hydroxylation is 3. The predicted molar refractivity (Wildman–Crippen MR) is 70.7 cm³/mol. The smallest absolute Gasteiger partial charge is 0.278 e. The molecule has 1 aromatic carbocycles. The first-order chi connectivity index (χ1) is 8.00. The van der Waals surface area contributed by atoms with E-state index in [1.807, 2.05) is 51.1 Å². The van der Waals surface area contributed by atoms with Crippen molar-refractivity contribution in [2.24, 2.45) is 0 Å². The summed E-state index contributed by atoms with van der Waals surface area (Å²) >= 11 is 0. The molecule has 0 bridgehead atoms. The van der Waals surface area contributed by atoms with Crippen molar-refractivity contribution in [2.45, 2.75) is 20.8 Å². The van der Waals surface area contributed by atoms with Crippen LogP contribution in [0.25, 0.3) is 5.69 Å². The van der Waals surface area contributed by atoms with Gasteiger partial charge in [-0.05, 0) is 44.5 Å². The van der Waals surface area contributed by atoms with E-state index in [-0.39, 0.29) is 5.56 Å². The molecule has 1 heterocycles. The van der Waals surface area contributed by atoms with E-state index in [4.69, 9.17) is 5.73 Å². The summed E-state index contributed by atoms with van der Waals surface area (Å²) in [4.78, 5) is 12.1. The van der Waals surface area contributed by atoms with Crippen molar-refractivity contribution in [1.82, 2.24) is 4.57 Å². The van der Waals surface area contributed by atoms with E-state index in [1.54, 1.807) is 4.57 Å². The molecule has 0 aliphatic carbocycles. The van der Waals surface area contributed by atoms with Crippen LogP contribution in [0.3, 0.4) is 0 Å². The lowest BCUT2D eigenvalue weighted by Gasteiger charge is -2.12. The van der Waals surface area contributed by atoms with Gasteiger partial charge in [0, 0.05) is 11.4 Å². The highest BCUT2D eigenvalue weighted by molar-refractivity contribution is 5.48. The highest BCUT2D eigenvalue weighted by atomic mass is 16.1. The highest BCUT2D eigenvalue weighted by Gasteiger charge is 2.08. The third-order valence-electron chi connectivity index (χ3n) is 2.93. The Bertz CT molecular complexity index is 609. The number of benzene rings is 1. The summed E-state index contributed by atoms with van der Waals surface area (Å²) in [6, 6.07) is 9.75. The second kappa shape index (κ2) is 4.09. The van der Waals surface area contributed by atoms with Crippen LogP contribution >= 0.6 is 0 Å². The van der Waals surface area contributed by atoms with Gasteiger partial charge in [-0.1, -0.05) is 17.7 Å². The molecule has 2 aromatic rings. The van der Waals surface area contributed by atoms with Crippen molar-refractivity contribution < 1.29 is 0 Å². The summed E-state index contributed by atoms with van der Waals surface area (Å²) < 4.78 is 1.64. The first-order valence-electron chi connectivity index (χ1n) is 5.56. The summed E-state index contributed by atoms with van der Waals surface area (Å²) in [5.74, 6) is 0. The van der Waals surface area contributed by atoms with Crippen molar-refractivity contribution >= 4 is 5.69 Å². The van der Waals surface area contributed by atoms with Crippen molar-refractivity contribution in [3.05, 3.63) is 57.5 Å². The largest absolute Gasteiger partial charge is 0.394 e. The Balaban J connectivity index is 2.72. The summed E-state index contributed by atoms with van der Waals surface area (Å²) in [6.07, 6.45) is 0. The molecule has 0 spiro atoms. The zero-order chi connectivity index (χ0) is 12.6. The van der Waals surface area contributed by atoms with Gasteiger partial charge in [0.05, 0.1) is 0 Å². The number of rotatable bonds is 1. The second-order valence-corrected chi connectivity index (χ2v) is 4.36. The number of anilines is 1. The minimum Gasteiger partial charge on any atom is -0.394 e. The molecule has 0 fully saturated rings. The molecule has 0 aliphatic rings. The molecule has 2 rings (SSSR count). The Morgan fingerprint density at radius 3 is 2.24 bits per heavy atom. The van der Waals surface area contributed by atoms with Crippen LogP contribution in [0, 0.1) is 20.8 Å². The number of aromatic nitrogens is 1. The van der Waals surface area contributed by atoms with Gasteiger partial charge in [-0.2, -0.15) is 0 Å². The molecule has 3 heteroatoms. The molecule has 0 radical (unpaired) electrons. The standard InChI is InChI=1S/C14H16N2O/c1-9-4-6-12(7-5-9)16-11(3)8-10(2)13(15)14(16)17/h4-8H,15H2,1-3H3. The van der Waals surface area contributed by atoms with Crippen LogP contribution in [0.2, 0.25) is 0 Å². The van der Waals surface area contributed by atoms with E-state index in [2.05, 4.69) is 0 Å². The molecule has 0 aliphatic heterocycles. The van der Waals surface area contributed by atoms with Gasteiger partial charge >= 0.3 is 0 Å². The number of hydrogen-bond acceptors (Lipinski definition) is 2. The summed E-state index contributed by atoms with van der Waals surface area (Å²) in [6.45, 7) is 5.78. The fourth-order valence-electron chi connectivity index (χ4n) is 1.92.